The average molecular weight is 327 g/mol. The lowest BCUT2D eigenvalue weighted by Crippen LogP contribution is -2.29. The zero-order valence-electron chi connectivity index (χ0n) is 15.8. The maximum Gasteiger partial charge on any atom is 0.135 e. The molecule has 0 bridgehead atoms. The topological polar surface area (TPSA) is 45.1 Å². The molecule has 1 unspecified atom stereocenters. The third-order valence-corrected chi connectivity index (χ3v) is 8.04. The molecule has 0 aliphatic heterocycles. The van der Waals surface area contributed by atoms with Gasteiger partial charge in [-0.05, 0) is 52.1 Å². The van der Waals surface area contributed by atoms with E-state index in [-0.39, 0.29) is 4.75 Å². The first-order valence-corrected chi connectivity index (χ1v) is 10.1. The summed E-state index contributed by atoms with van der Waals surface area (Å²) in [6.07, 6.45) is 2.23. The number of hydrogen-bond donors (Lipinski definition) is 2. The van der Waals surface area contributed by atoms with E-state index < -0.39 is 10.3 Å². The monoisotopic (exact) mass is 326 g/mol. The van der Waals surface area contributed by atoms with Gasteiger partial charge in [-0.1, -0.05) is 31.1 Å². The van der Waals surface area contributed by atoms with Crippen molar-refractivity contribution in [2.75, 3.05) is 24.4 Å². The molecule has 1 atom stereocenters. The van der Waals surface area contributed by atoms with Gasteiger partial charge in [0.25, 0.3) is 0 Å². The molecule has 128 valence electrons. The van der Waals surface area contributed by atoms with Crippen LogP contribution in [0.1, 0.15) is 54.0 Å². The zero-order valence-corrected chi connectivity index (χ0v) is 16.6. The van der Waals surface area contributed by atoms with Crippen LogP contribution in [-0.2, 0) is 0 Å². The Morgan fingerprint density at radius 2 is 1.82 bits per heavy atom. The summed E-state index contributed by atoms with van der Waals surface area (Å²) in [5.41, 5.74) is 2.41. The minimum Gasteiger partial charge on any atom is -0.449 e. The Morgan fingerprint density at radius 1 is 1.27 bits per heavy atom. The Kier molecular flexibility index (Phi) is 8.02. The van der Waals surface area contributed by atoms with Gasteiger partial charge in [-0.2, -0.15) is 0 Å². The Labute approximate surface area is 138 Å². The molecule has 0 saturated heterocycles. The fourth-order valence-corrected chi connectivity index (χ4v) is 3.70. The van der Waals surface area contributed by atoms with Crippen LogP contribution in [0.2, 0.25) is 0 Å². The molecular weight excluding hydrogens is 292 g/mol. The summed E-state index contributed by atoms with van der Waals surface area (Å²) >= 11 is 0. The van der Waals surface area contributed by atoms with Crippen molar-refractivity contribution in [3.8, 4) is 5.75 Å². The van der Waals surface area contributed by atoms with E-state index in [0.717, 1.165) is 22.8 Å². The second kappa shape index (κ2) is 8.47. The number of hydrogen-bond acceptors (Lipinski definition) is 3. The van der Waals surface area contributed by atoms with Crippen molar-refractivity contribution in [3.63, 3.8) is 0 Å². The fourth-order valence-electron chi connectivity index (χ4n) is 1.93. The largest absolute Gasteiger partial charge is 0.449 e. The lowest BCUT2D eigenvalue weighted by Gasteiger charge is -2.46. The van der Waals surface area contributed by atoms with Crippen LogP contribution in [-0.4, -0.2) is 29.5 Å². The summed E-state index contributed by atoms with van der Waals surface area (Å²) in [6.45, 7) is 14.7. The molecule has 0 radical (unpaired) electrons. The molecule has 4 heteroatoms. The van der Waals surface area contributed by atoms with Crippen molar-refractivity contribution in [1.29, 1.82) is 5.41 Å². The van der Waals surface area contributed by atoms with Gasteiger partial charge in [0.05, 0.1) is 0 Å². The summed E-state index contributed by atoms with van der Waals surface area (Å²) in [7, 11) is 0.675. The average Bonchev–Trinajstić information content (AvgIpc) is 2.47. The Morgan fingerprint density at radius 3 is 2.18 bits per heavy atom. The maximum absolute atomic E-state index is 7.89. The van der Waals surface area contributed by atoms with Gasteiger partial charge in [0.2, 0.25) is 0 Å². The van der Waals surface area contributed by atoms with Crippen molar-refractivity contribution in [3.05, 3.63) is 23.8 Å². The van der Waals surface area contributed by atoms with Gasteiger partial charge in [0, 0.05) is 34.5 Å². The van der Waals surface area contributed by atoms with Gasteiger partial charge in [-0.25, -0.2) is 0 Å². The van der Waals surface area contributed by atoms with Gasteiger partial charge in [-0.3, -0.25) is 0 Å². The predicted molar refractivity (Wildman–Crippen MR) is 104 cm³/mol. The minimum atomic E-state index is -1.20. The second-order valence-corrected chi connectivity index (χ2v) is 10.1. The Balaban J connectivity index is 0.00000211. The van der Waals surface area contributed by atoms with E-state index in [1.54, 1.807) is 6.92 Å². The molecule has 0 amide bonds. The van der Waals surface area contributed by atoms with Gasteiger partial charge >= 0.3 is 0 Å². The molecule has 0 saturated carbocycles. The van der Waals surface area contributed by atoms with Crippen LogP contribution < -0.4 is 9.50 Å². The molecule has 0 spiro atoms. The van der Waals surface area contributed by atoms with E-state index in [4.69, 9.17) is 9.59 Å². The third-order valence-electron chi connectivity index (χ3n) is 3.79. The standard InChI is InChI=1S/C16H28N2OS.C2H6/c1-8-20(7,16(3,4)5)19-13-9-10-15(18-6)14(11-13)12(2)17;1-2/h9-11,17-18H,8H2,1-7H3;1-2H3. The highest BCUT2D eigenvalue weighted by atomic mass is 32.3. The third kappa shape index (κ3) is 4.94. The van der Waals surface area contributed by atoms with Crippen molar-refractivity contribution in [2.45, 2.75) is 53.2 Å². The van der Waals surface area contributed by atoms with Crippen molar-refractivity contribution >= 4 is 21.7 Å². The number of nitrogens with one attached hydrogen (secondary N) is 2. The zero-order chi connectivity index (χ0) is 17.6. The van der Waals surface area contributed by atoms with E-state index in [9.17, 15) is 0 Å². The maximum atomic E-state index is 7.89. The molecule has 0 fully saturated rings. The number of rotatable bonds is 5. The van der Waals surface area contributed by atoms with Crippen molar-refractivity contribution in [2.24, 2.45) is 0 Å². The van der Waals surface area contributed by atoms with E-state index in [1.165, 1.54) is 0 Å². The Hall–Kier alpha value is -1.16. The van der Waals surface area contributed by atoms with Gasteiger partial charge in [-0.15, -0.1) is 0 Å². The van der Waals surface area contributed by atoms with Crippen LogP contribution in [0, 0.1) is 5.41 Å². The fraction of sp³-hybridized carbons (Fsp3) is 0.611. The van der Waals surface area contributed by atoms with Crippen LogP contribution in [0.4, 0.5) is 5.69 Å². The van der Waals surface area contributed by atoms with E-state index in [0.29, 0.717) is 5.71 Å². The van der Waals surface area contributed by atoms with Crippen LogP contribution in [0.5, 0.6) is 5.75 Å². The van der Waals surface area contributed by atoms with Gasteiger partial charge < -0.3 is 14.9 Å². The van der Waals surface area contributed by atoms with Crippen LogP contribution in [0.3, 0.4) is 0 Å². The summed E-state index contributed by atoms with van der Waals surface area (Å²) in [5.74, 6) is 1.88. The lowest BCUT2D eigenvalue weighted by atomic mass is 10.1. The lowest BCUT2D eigenvalue weighted by molar-refractivity contribution is 0.581. The second-order valence-electron chi connectivity index (χ2n) is 6.07. The molecular formula is C18H34N2OS. The molecule has 1 aromatic carbocycles. The SMILES string of the molecule is CC.CCS(C)(Oc1ccc(NC)c(C(C)=N)c1)C(C)(C)C. The molecule has 0 aliphatic rings. The molecule has 3 nitrogen and oxygen atoms in total. The molecule has 2 N–H and O–H groups in total. The summed E-state index contributed by atoms with van der Waals surface area (Å²) < 4.78 is 6.49. The molecule has 0 heterocycles. The normalized spacial score (nSPS) is 15.0. The highest BCUT2D eigenvalue weighted by Gasteiger charge is 2.33. The number of benzene rings is 1. The van der Waals surface area contributed by atoms with E-state index in [2.05, 4.69) is 39.3 Å². The predicted octanol–water partition coefficient (Wildman–Crippen LogP) is 5.69. The Bertz CT molecular complexity index is 494. The van der Waals surface area contributed by atoms with Crippen molar-refractivity contribution in [1.82, 2.24) is 0 Å². The quantitative estimate of drug-likeness (QED) is 0.683. The highest BCUT2D eigenvalue weighted by Crippen LogP contribution is 2.56. The molecule has 0 aliphatic carbocycles. The molecule has 1 aromatic rings. The van der Waals surface area contributed by atoms with E-state index >= 15 is 0 Å². The van der Waals surface area contributed by atoms with Gasteiger partial charge in [0.1, 0.15) is 5.75 Å². The first-order chi connectivity index (χ1) is 10.1. The smallest absolute Gasteiger partial charge is 0.135 e. The van der Waals surface area contributed by atoms with Crippen LogP contribution >= 0.6 is 10.3 Å². The van der Waals surface area contributed by atoms with Crippen LogP contribution in [0.25, 0.3) is 0 Å². The van der Waals surface area contributed by atoms with E-state index in [1.807, 2.05) is 39.1 Å². The first-order valence-electron chi connectivity index (χ1n) is 7.97. The number of anilines is 1. The molecule has 1 rings (SSSR count). The minimum absolute atomic E-state index is 0.128. The molecule has 22 heavy (non-hydrogen) atoms. The van der Waals surface area contributed by atoms with Gasteiger partial charge in [0.15, 0.2) is 0 Å². The summed E-state index contributed by atoms with van der Waals surface area (Å²) in [5, 5.41) is 11.0. The highest BCUT2D eigenvalue weighted by molar-refractivity contribution is 8.30. The molecule has 0 aromatic heterocycles. The first kappa shape index (κ1) is 20.8. The van der Waals surface area contributed by atoms with Crippen LogP contribution in [0.15, 0.2) is 18.2 Å². The summed E-state index contributed by atoms with van der Waals surface area (Å²) in [4.78, 5) is 0. The summed E-state index contributed by atoms with van der Waals surface area (Å²) in [6, 6.07) is 5.95. The van der Waals surface area contributed by atoms with Crippen molar-refractivity contribution < 1.29 is 4.18 Å².